The van der Waals surface area contributed by atoms with E-state index in [0.29, 0.717) is 0 Å². The van der Waals surface area contributed by atoms with E-state index in [2.05, 4.69) is 0 Å². The zero-order chi connectivity index (χ0) is 7.83. The summed E-state index contributed by atoms with van der Waals surface area (Å²) in [6, 6.07) is 0. The van der Waals surface area contributed by atoms with Crippen LogP contribution in [0, 0.1) is 0 Å². The fourth-order valence-corrected chi connectivity index (χ4v) is 4.76. The van der Waals surface area contributed by atoms with Gasteiger partial charge in [0.05, 0.1) is 12.4 Å². The van der Waals surface area contributed by atoms with Gasteiger partial charge in [0, 0.05) is 0 Å². The second-order valence-electron chi connectivity index (χ2n) is 2.59. The summed E-state index contributed by atoms with van der Waals surface area (Å²) >= 11 is 0. The van der Waals surface area contributed by atoms with Gasteiger partial charge in [-0.2, -0.15) is 0 Å². The molecular weight excluding hydrogens is 172 g/mol. The molecule has 0 amide bonds. The van der Waals surface area contributed by atoms with E-state index >= 15 is 0 Å². The van der Waals surface area contributed by atoms with Crippen molar-refractivity contribution in [3.05, 3.63) is 0 Å². The summed E-state index contributed by atoms with van der Waals surface area (Å²) in [6.07, 6.45) is 0. The summed E-state index contributed by atoms with van der Waals surface area (Å²) in [6.45, 7) is 3.70. The van der Waals surface area contributed by atoms with Crippen LogP contribution in [0.4, 0.5) is 0 Å². The van der Waals surface area contributed by atoms with Crippen LogP contribution in [0.2, 0.25) is 13.1 Å². The van der Waals surface area contributed by atoms with Crippen LogP contribution in [-0.2, 0) is 18.4 Å². The molecule has 0 aromatic heterocycles. The molecule has 1 rings (SSSR count). The molecule has 0 unspecified atom stereocenters. The molecule has 0 spiro atoms. The molecule has 60 valence electrons. The zero-order valence-corrected chi connectivity index (χ0v) is 7.77. The van der Waals surface area contributed by atoms with Crippen molar-refractivity contribution >= 4 is 18.7 Å². The van der Waals surface area contributed by atoms with Gasteiger partial charge in [-0.15, -0.1) is 0 Å². The van der Waals surface area contributed by atoms with Crippen LogP contribution in [0.25, 0.3) is 0 Å². The second-order valence-corrected chi connectivity index (χ2v) is 7.87. The summed E-state index contributed by atoms with van der Waals surface area (Å²) in [5.74, 6) is -0.0105. The average Bonchev–Trinajstić information content (AvgIpc) is 1.56. The van der Waals surface area contributed by atoms with Crippen molar-refractivity contribution in [3.8, 4) is 0 Å². The Bertz CT molecular complexity index is 219. The predicted octanol–water partition coefficient (Wildman–Crippen LogP) is 0.0648. The molecule has 0 atom stereocenters. The Labute approximate surface area is 61.5 Å². The topological polar surface area (TPSA) is 52.6 Å². The maximum Gasteiger partial charge on any atom is 0.351 e. The summed E-state index contributed by atoms with van der Waals surface area (Å²) in [4.78, 5) is 0. The fraction of sp³-hybridized carbons (Fsp3) is 1.00. The molecule has 0 bridgehead atoms. The molecule has 1 saturated heterocycles. The van der Waals surface area contributed by atoms with Crippen molar-refractivity contribution in [1.82, 2.24) is 0 Å². The molecule has 0 aromatic rings. The quantitative estimate of drug-likeness (QED) is 0.497. The van der Waals surface area contributed by atoms with Crippen LogP contribution in [-0.4, -0.2) is 29.3 Å². The van der Waals surface area contributed by atoms with E-state index < -0.39 is 18.7 Å². The van der Waals surface area contributed by atoms with E-state index in [9.17, 15) is 8.42 Å². The van der Waals surface area contributed by atoms with E-state index in [1.807, 2.05) is 0 Å². The third-order valence-electron chi connectivity index (χ3n) is 1.11. The highest BCUT2D eigenvalue weighted by Gasteiger charge is 2.35. The number of hydrogen-bond acceptors (Lipinski definition) is 4. The number of rotatable bonds is 0. The Morgan fingerprint density at radius 1 is 1.40 bits per heavy atom. The Hall–Kier alpha value is 0.0869. The highest BCUT2D eigenvalue weighted by molar-refractivity contribution is 7.87. The first-order valence-corrected chi connectivity index (χ1v) is 7.38. The predicted molar refractivity (Wildman–Crippen MR) is 38.3 cm³/mol. The molecule has 1 aliphatic heterocycles. The van der Waals surface area contributed by atoms with Gasteiger partial charge in [0.25, 0.3) is 10.1 Å². The smallest absolute Gasteiger partial charge is 0.351 e. The lowest BCUT2D eigenvalue weighted by Gasteiger charge is -2.26. The average molecular weight is 182 g/mol. The standard InChI is InChI=1S/C4H10O4SSi/c1-10(2)7-3-4-9(5,6)8-10/h3-4H2,1-2H3. The van der Waals surface area contributed by atoms with E-state index in [1.165, 1.54) is 0 Å². The van der Waals surface area contributed by atoms with Crippen LogP contribution >= 0.6 is 0 Å². The van der Waals surface area contributed by atoms with Crippen LogP contribution in [0.1, 0.15) is 0 Å². The summed E-state index contributed by atoms with van der Waals surface area (Å²) < 4.78 is 31.5. The number of hydrogen-bond donors (Lipinski definition) is 0. The Morgan fingerprint density at radius 3 is 2.30 bits per heavy atom. The van der Waals surface area contributed by atoms with Crippen molar-refractivity contribution in [2.45, 2.75) is 13.1 Å². The molecule has 4 nitrogen and oxygen atoms in total. The van der Waals surface area contributed by atoms with Gasteiger partial charge in [0.1, 0.15) is 0 Å². The molecule has 0 saturated carbocycles. The monoisotopic (exact) mass is 182 g/mol. The van der Waals surface area contributed by atoms with Gasteiger partial charge in [0.15, 0.2) is 0 Å². The van der Waals surface area contributed by atoms with E-state index in [-0.39, 0.29) is 12.4 Å². The van der Waals surface area contributed by atoms with E-state index in [1.54, 1.807) is 13.1 Å². The molecule has 0 aromatic carbocycles. The van der Waals surface area contributed by atoms with Gasteiger partial charge < -0.3 is 4.43 Å². The van der Waals surface area contributed by atoms with Crippen LogP contribution in [0.3, 0.4) is 0 Å². The molecule has 1 aliphatic rings. The summed E-state index contributed by atoms with van der Waals surface area (Å²) in [5, 5.41) is 0. The third-order valence-corrected chi connectivity index (χ3v) is 5.30. The molecule has 1 fully saturated rings. The van der Waals surface area contributed by atoms with E-state index in [0.717, 1.165) is 0 Å². The largest absolute Gasteiger partial charge is 0.393 e. The maximum absolute atomic E-state index is 10.8. The Balaban J connectivity index is 2.75. The SMILES string of the molecule is C[Si]1(C)OCCS(=O)(=O)O1. The lowest BCUT2D eigenvalue weighted by molar-refractivity contribution is 0.243. The zero-order valence-electron chi connectivity index (χ0n) is 5.96. The molecule has 1 heterocycles. The summed E-state index contributed by atoms with van der Waals surface area (Å²) in [5.41, 5.74) is 0. The molecule has 0 radical (unpaired) electrons. The Morgan fingerprint density at radius 2 is 2.00 bits per heavy atom. The van der Waals surface area contributed by atoms with E-state index in [4.69, 9.17) is 8.30 Å². The van der Waals surface area contributed by atoms with Gasteiger partial charge in [-0.25, -0.2) is 8.42 Å². The van der Waals surface area contributed by atoms with Crippen molar-refractivity contribution in [2.75, 3.05) is 12.4 Å². The van der Waals surface area contributed by atoms with Gasteiger partial charge >= 0.3 is 8.56 Å². The Kier molecular flexibility index (Phi) is 1.88. The minimum Gasteiger partial charge on any atom is -0.393 e. The summed E-state index contributed by atoms with van der Waals surface area (Å²) in [7, 11) is -5.57. The van der Waals surface area contributed by atoms with Crippen LogP contribution in [0.5, 0.6) is 0 Å². The fourth-order valence-electron chi connectivity index (χ4n) is 0.761. The van der Waals surface area contributed by atoms with Gasteiger partial charge in [-0.3, -0.25) is 3.87 Å². The first-order chi connectivity index (χ1) is 4.41. The van der Waals surface area contributed by atoms with Crippen molar-refractivity contribution in [3.63, 3.8) is 0 Å². The van der Waals surface area contributed by atoms with Crippen LogP contribution in [0.15, 0.2) is 0 Å². The molecule has 0 aliphatic carbocycles. The minimum atomic E-state index is -3.25. The molecule has 10 heavy (non-hydrogen) atoms. The first kappa shape index (κ1) is 8.19. The van der Waals surface area contributed by atoms with Gasteiger partial charge in [0.2, 0.25) is 0 Å². The third kappa shape index (κ3) is 2.05. The lowest BCUT2D eigenvalue weighted by Crippen LogP contribution is -2.44. The van der Waals surface area contributed by atoms with Crippen molar-refractivity contribution in [2.24, 2.45) is 0 Å². The first-order valence-electron chi connectivity index (χ1n) is 2.99. The normalized spacial score (nSPS) is 29.8. The minimum absolute atomic E-state index is 0.0105. The molecule has 6 heteroatoms. The highest BCUT2D eigenvalue weighted by Crippen LogP contribution is 2.15. The van der Waals surface area contributed by atoms with Crippen molar-refractivity contribution in [1.29, 1.82) is 0 Å². The van der Waals surface area contributed by atoms with Crippen LogP contribution < -0.4 is 0 Å². The molecular formula is C4H10O4SSi. The molecule has 0 N–H and O–H groups in total. The lowest BCUT2D eigenvalue weighted by atomic mass is 10.9. The van der Waals surface area contributed by atoms with Gasteiger partial charge in [-0.05, 0) is 13.1 Å². The maximum atomic E-state index is 10.8. The second kappa shape index (κ2) is 2.30. The highest BCUT2D eigenvalue weighted by atomic mass is 32.2. The van der Waals surface area contributed by atoms with Gasteiger partial charge in [-0.1, -0.05) is 0 Å². The van der Waals surface area contributed by atoms with Crippen molar-refractivity contribution < 1.29 is 16.7 Å².